The molecule has 0 spiro atoms. The van der Waals surface area contributed by atoms with Gasteiger partial charge in [0.1, 0.15) is 0 Å². The van der Waals surface area contributed by atoms with Gasteiger partial charge in [-0.1, -0.05) is 6.07 Å². The van der Waals surface area contributed by atoms with Crippen molar-refractivity contribution in [1.29, 1.82) is 0 Å². The Morgan fingerprint density at radius 3 is 2.69 bits per heavy atom. The summed E-state index contributed by atoms with van der Waals surface area (Å²) < 4.78 is 38.0. The quantitative estimate of drug-likeness (QED) is 0.740. The SMILES string of the molecule is CN1CC(=O)Nc2c1cccc2C(F)(F)F. The van der Waals surface area contributed by atoms with Crippen molar-refractivity contribution in [3.8, 4) is 0 Å². The van der Waals surface area contributed by atoms with E-state index in [9.17, 15) is 18.0 Å². The van der Waals surface area contributed by atoms with Gasteiger partial charge in [-0.3, -0.25) is 4.79 Å². The van der Waals surface area contributed by atoms with E-state index in [1.54, 1.807) is 13.1 Å². The molecule has 0 bridgehead atoms. The van der Waals surface area contributed by atoms with E-state index < -0.39 is 17.6 Å². The Balaban J connectivity index is 2.59. The molecule has 1 aromatic rings. The second kappa shape index (κ2) is 3.40. The minimum Gasteiger partial charge on any atom is -0.364 e. The first-order valence-corrected chi connectivity index (χ1v) is 4.61. The van der Waals surface area contributed by atoms with Crippen molar-refractivity contribution in [1.82, 2.24) is 0 Å². The second-order valence-corrected chi connectivity index (χ2v) is 3.60. The number of likely N-dealkylation sites (N-methyl/N-ethyl adjacent to an activating group) is 1. The molecule has 1 amide bonds. The number of para-hydroxylation sites is 1. The van der Waals surface area contributed by atoms with Crippen molar-refractivity contribution in [3.05, 3.63) is 23.8 Å². The van der Waals surface area contributed by atoms with Gasteiger partial charge >= 0.3 is 6.18 Å². The third kappa shape index (κ3) is 1.70. The molecule has 0 saturated heterocycles. The molecule has 0 aromatic heterocycles. The number of benzene rings is 1. The Labute approximate surface area is 89.9 Å². The van der Waals surface area contributed by atoms with Gasteiger partial charge in [0, 0.05) is 7.05 Å². The molecule has 1 heterocycles. The Morgan fingerprint density at radius 2 is 2.06 bits per heavy atom. The number of rotatable bonds is 0. The highest BCUT2D eigenvalue weighted by Crippen LogP contribution is 2.40. The van der Waals surface area contributed by atoms with Crippen LogP contribution >= 0.6 is 0 Å². The normalized spacial score (nSPS) is 15.8. The fraction of sp³-hybridized carbons (Fsp3) is 0.300. The summed E-state index contributed by atoms with van der Waals surface area (Å²) in [5, 5.41) is 2.26. The number of nitrogens with zero attached hydrogens (tertiary/aromatic N) is 1. The maximum Gasteiger partial charge on any atom is 0.418 e. The van der Waals surface area contributed by atoms with Gasteiger partial charge in [-0.15, -0.1) is 0 Å². The van der Waals surface area contributed by atoms with Crippen LogP contribution in [-0.2, 0) is 11.0 Å². The summed E-state index contributed by atoms with van der Waals surface area (Å²) in [6.45, 7) is 0.0638. The number of carbonyl (C=O) groups excluding carboxylic acids is 1. The van der Waals surface area contributed by atoms with Crippen LogP contribution in [0.5, 0.6) is 0 Å². The molecular weight excluding hydrogens is 221 g/mol. The molecule has 3 nitrogen and oxygen atoms in total. The predicted octanol–water partition coefficient (Wildman–Crippen LogP) is 2.09. The first kappa shape index (κ1) is 10.8. The zero-order valence-electron chi connectivity index (χ0n) is 8.43. The van der Waals surface area contributed by atoms with E-state index in [0.29, 0.717) is 5.69 Å². The highest BCUT2D eigenvalue weighted by molar-refractivity contribution is 6.02. The number of alkyl halides is 3. The van der Waals surface area contributed by atoms with Crippen LogP contribution in [0.1, 0.15) is 5.56 Å². The van der Waals surface area contributed by atoms with Crippen LogP contribution in [0.2, 0.25) is 0 Å². The number of fused-ring (bicyclic) bond motifs is 1. The number of hydrogen-bond donors (Lipinski definition) is 1. The summed E-state index contributed by atoms with van der Waals surface area (Å²) in [6.07, 6.45) is -4.46. The molecule has 0 saturated carbocycles. The predicted molar refractivity (Wildman–Crippen MR) is 53.3 cm³/mol. The van der Waals surface area contributed by atoms with Gasteiger partial charge in [-0.2, -0.15) is 13.2 Å². The van der Waals surface area contributed by atoms with Crippen LogP contribution in [0, 0.1) is 0 Å². The van der Waals surface area contributed by atoms with E-state index in [2.05, 4.69) is 5.32 Å². The van der Waals surface area contributed by atoms with E-state index in [4.69, 9.17) is 0 Å². The topological polar surface area (TPSA) is 32.3 Å². The zero-order valence-corrected chi connectivity index (χ0v) is 8.43. The lowest BCUT2D eigenvalue weighted by atomic mass is 10.1. The number of amides is 1. The molecule has 1 aromatic carbocycles. The molecule has 0 fully saturated rings. The van der Waals surface area contributed by atoms with Crippen molar-refractivity contribution < 1.29 is 18.0 Å². The third-order valence-corrected chi connectivity index (χ3v) is 2.40. The summed E-state index contributed by atoms with van der Waals surface area (Å²) in [5.41, 5.74) is -0.590. The lowest BCUT2D eigenvalue weighted by Crippen LogP contribution is -2.36. The molecule has 1 N–H and O–H groups in total. The number of carbonyl (C=O) groups is 1. The van der Waals surface area contributed by atoms with Crippen LogP contribution in [0.15, 0.2) is 18.2 Å². The lowest BCUT2D eigenvalue weighted by Gasteiger charge is -2.29. The maximum atomic E-state index is 12.7. The van der Waals surface area contributed by atoms with Crippen molar-refractivity contribution >= 4 is 17.3 Å². The Bertz CT molecular complexity index is 442. The maximum absolute atomic E-state index is 12.7. The standard InChI is InChI=1S/C10H9F3N2O/c1-15-5-8(16)14-9-6(10(11,12)13)3-2-4-7(9)15/h2-4H,5H2,1H3,(H,14,16). The molecule has 1 aliphatic heterocycles. The van der Waals surface area contributed by atoms with Gasteiger partial charge in [-0.25, -0.2) is 0 Å². The third-order valence-electron chi connectivity index (χ3n) is 2.40. The number of nitrogens with one attached hydrogen (secondary N) is 1. The smallest absolute Gasteiger partial charge is 0.364 e. The first-order valence-electron chi connectivity index (χ1n) is 4.61. The van der Waals surface area contributed by atoms with E-state index in [0.717, 1.165) is 6.07 Å². The Morgan fingerprint density at radius 1 is 1.38 bits per heavy atom. The van der Waals surface area contributed by atoms with Crippen LogP contribution in [-0.4, -0.2) is 19.5 Å². The molecule has 0 radical (unpaired) electrons. The molecule has 6 heteroatoms. The first-order chi connectivity index (χ1) is 7.39. The second-order valence-electron chi connectivity index (χ2n) is 3.60. The zero-order chi connectivity index (χ0) is 11.9. The minimum atomic E-state index is -4.46. The molecule has 86 valence electrons. The molecule has 2 rings (SSSR count). The van der Waals surface area contributed by atoms with Gasteiger partial charge in [0.05, 0.1) is 23.5 Å². The van der Waals surface area contributed by atoms with Crippen LogP contribution in [0.3, 0.4) is 0 Å². The number of anilines is 2. The van der Waals surface area contributed by atoms with Gasteiger partial charge < -0.3 is 10.2 Å². The largest absolute Gasteiger partial charge is 0.418 e. The van der Waals surface area contributed by atoms with Crippen molar-refractivity contribution in [2.45, 2.75) is 6.18 Å². The summed E-state index contributed by atoms with van der Waals surface area (Å²) >= 11 is 0. The average molecular weight is 230 g/mol. The Hall–Kier alpha value is -1.72. The summed E-state index contributed by atoms with van der Waals surface area (Å²) in [6, 6.07) is 3.83. The van der Waals surface area contributed by atoms with Crippen molar-refractivity contribution in [2.24, 2.45) is 0 Å². The van der Waals surface area contributed by atoms with Crippen molar-refractivity contribution in [2.75, 3.05) is 23.8 Å². The molecule has 0 atom stereocenters. The van der Waals surface area contributed by atoms with E-state index >= 15 is 0 Å². The lowest BCUT2D eigenvalue weighted by molar-refractivity contribution is -0.137. The number of hydrogen-bond acceptors (Lipinski definition) is 2. The highest BCUT2D eigenvalue weighted by atomic mass is 19.4. The van der Waals surface area contributed by atoms with Crippen LogP contribution < -0.4 is 10.2 Å². The summed E-state index contributed by atoms with van der Waals surface area (Å²) in [4.78, 5) is 12.7. The highest BCUT2D eigenvalue weighted by Gasteiger charge is 2.36. The van der Waals surface area contributed by atoms with Gasteiger partial charge in [0.25, 0.3) is 0 Å². The van der Waals surface area contributed by atoms with Gasteiger partial charge in [0.2, 0.25) is 5.91 Å². The average Bonchev–Trinajstić information content (AvgIpc) is 2.15. The fourth-order valence-electron chi connectivity index (χ4n) is 1.71. The monoisotopic (exact) mass is 230 g/mol. The molecule has 1 aliphatic rings. The van der Waals surface area contributed by atoms with Crippen LogP contribution in [0.4, 0.5) is 24.5 Å². The van der Waals surface area contributed by atoms with E-state index in [1.165, 1.54) is 11.0 Å². The molecule has 0 unspecified atom stereocenters. The Kier molecular flexibility index (Phi) is 2.29. The van der Waals surface area contributed by atoms with E-state index in [-0.39, 0.29) is 12.2 Å². The van der Waals surface area contributed by atoms with Crippen LogP contribution in [0.25, 0.3) is 0 Å². The van der Waals surface area contributed by atoms with E-state index in [1.807, 2.05) is 0 Å². The number of halogens is 3. The molecular formula is C10H9F3N2O. The molecule has 0 aliphatic carbocycles. The van der Waals surface area contributed by atoms with Gasteiger partial charge in [-0.05, 0) is 12.1 Å². The van der Waals surface area contributed by atoms with Gasteiger partial charge in [0.15, 0.2) is 0 Å². The summed E-state index contributed by atoms with van der Waals surface area (Å²) in [7, 11) is 1.58. The summed E-state index contributed by atoms with van der Waals surface area (Å²) in [5.74, 6) is -0.438. The molecule has 16 heavy (non-hydrogen) atoms. The minimum absolute atomic E-state index is 0.0638. The fourth-order valence-corrected chi connectivity index (χ4v) is 1.71. The van der Waals surface area contributed by atoms with Crippen molar-refractivity contribution in [3.63, 3.8) is 0 Å².